The predicted molar refractivity (Wildman–Crippen MR) is 86.2 cm³/mol. The van der Waals surface area contributed by atoms with Crippen molar-refractivity contribution in [2.45, 2.75) is 18.6 Å². The molecular formula is C16H21ClN2O4. The van der Waals surface area contributed by atoms with E-state index in [0.717, 1.165) is 12.0 Å². The quantitative estimate of drug-likeness (QED) is 0.795. The molecule has 1 saturated heterocycles. The van der Waals surface area contributed by atoms with Crippen molar-refractivity contribution in [1.29, 1.82) is 0 Å². The topological polar surface area (TPSA) is 67.9 Å². The third-order valence-electron chi connectivity index (χ3n) is 3.78. The summed E-state index contributed by atoms with van der Waals surface area (Å²) in [4.78, 5) is 25.9. The Balaban J connectivity index is 2.13. The summed E-state index contributed by atoms with van der Waals surface area (Å²) in [6.45, 7) is 0.971. The first-order valence-electron chi connectivity index (χ1n) is 7.44. The van der Waals surface area contributed by atoms with Crippen LogP contribution in [0.25, 0.3) is 0 Å². The molecule has 0 saturated carbocycles. The molecule has 126 valence electrons. The third-order valence-corrected chi connectivity index (χ3v) is 4.03. The molecule has 1 aliphatic rings. The van der Waals surface area contributed by atoms with Gasteiger partial charge in [-0.1, -0.05) is 23.7 Å². The lowest BCUT2D eigenvalue weighted by molar-refractivity contribution is -0.162. The zero-order valence-electron chi connectivity index (χ0n) is 13.3. The van der Waals surface area contributed by atoms with Gasteiger partial charge in [0.1, 0.15) is 6.61 Å². The fraction of sp³-hybridized carbons (Fsp3) is 0.500. The Morgan fingerprint density at radius 3 is 2.78 bits per heavy atom. The highest BCUT2D eigenvalue weighted by Gasteiger charge is 2.39. The average molecular weight is 341 g/mol. The molecule has 1 aromatic carbocycles. The van der Waals surface area contributed by atoms with Crippen molar-refractivity contribution in [3.05, 3.63) is 34.9 Å². The van der Waals surface area contributed by atoms with Gasteiger partial charge in [-0.2, -0.15) is 0 Å². The van der Waals surface area contributed by atoms with Crippen molar-refractivity contribution in [3.63, 3.8) is 0 Å². The molecule has 6 nitrogen and oxygen atoms in total. The minimum Gasteiger partial charge on any atom is -0.385 e. The summed E-state index contributed by atoms with van der Waals surface area (Å²) in [6.07, 6.45) is -0.0311. The summed E-state index contributed by atoms with van der Waals surface area (Å²) in [5.41, 5.74) is 0.807. The van der Waals surface area contributed by atoms with Gasteiger partial charge in [0.15, 0.2) is 6.10 Å². The number of halogens is 1. The van der Waals surface area contributed by atoms with E-state index in [-0.39, 0.29) is 18.4 Å². The fourth-order valence-corrected chi connectivity index (χ4v) is 2.64. The molecule has 23 heavy (non-hydrogen) atoms. The number of carbonyl (C=O) groups excluding carboxylic acids is 2. The number of rotatable bonds is 6. The van der Waals surface area contributed by atoms with Gasteiger partial charge in [-0.3, -0.25) is 9.59 Å². The van der Waals surface area contributed by atoms with Crippen LogP contribution in [-0.2, 0) is 19.1 Å². The summed E-state index contributed by atoms with van der Waals surface area (Å²) in [5.74, 6) is -0.395. The summed E-state index contributed by atoms with van der Waals surface area (Å²) in [5, 5.41) is 3.42. The van der Waals surface area contributed by atoms with Gasteiger partial charge in [0.05, 0.1) is 6.04 Å². The Kier molecular flexibility index (Phi) is 6.38. The lowest BCUT2D eigenvalue weighted by Gasteiger charge is -2.38. The number of methoxy groups -OCH3 is 1. The van der Waals surface area contributed by atoms with Crippen molar-refractivity contribution in [2.75, 3.05) is 33.9 Å². The minimum absolute atomic E-state index is 0.100. The van der Waals surface area contributed by atoms with Gasteiger partial charge in [-0.15, -0.1) is 0 Å². The van der Waals surface area contributed by atoms with Crippen molar-refractivity contribution in [3.8, 4) is 0 Å². The molecule has 2 atom stereocenters. The van der Waals surface area contributed by atoms with Crippen molar-refractivity contribution in [2.24, 2.45) is 0 Å². The monoisotopic (exact) mass is 340 g/mol. The second kappa shape index (κ2) is 8.29. The molecule has 1 N–H and O–H groups in total. The van der Waals surface area contributed by atoms with Crippen molar-refractivity contribution in [1.82, 2.24) is 10.2 Å². The van der Waals surface area contributed by atoms with E-state index in [0.29, 0.717) is 18.2 Å². The number of hydrogen-bond donors (Lipinski definition) is 1. The predicted octanol–water partition coefficient (Wildman–Crippen LogP) is 1.39. The molecule has 0 unspecified atom stereocenters. The van der Waals surface area contributed by atoms with Gasteiger partial charge in [-0.25, -0.2) is 0 Å². The average Bonchev–Trinajstić information content (AvgIpc) is 2.55. The van der Waals surface area contributed by atoms with Crippen LogP contribution in [-0.4, -0.2) is 56.7 Å². The molecule has 0 bridgehead atoms. The number of likely N-dealkylation sites (N-methyl/N-ethyl adjacent to an activating group) is 1. The van der Waals surface area contributed by atoms with E-state index in [4.69, 9.17) is 21.1 Å². The molecule has 1 aromatic rings. The fourth-order valence-electron chi connectivity index (χ4n) is 2.52. The number of carbonyl (C=O) groups is 2. The molecule has 0 radical (unpaired) electrons. The lowest BCUT2D eigenvalue weighted by atomic mass is 9.97. The number of nitrogens with one attached hydrogen (secondary N) is 1. The number of benzene rings is 1. The van der Waals surface area contributed by atoms with Crippen LogP contribution in [0, 0.1) is 0 Å². The molecule has 0 aromatic heterocycles. The van der Waals surface area contributed by atoms with Crippen LogP contribution in [0.15, 0.2) is 24.3 Å². The Hall–Kier alpha value is -1.63. The van der Waals surface area contributed by atoms with Crippen LogP contribution >= 0.6 is 11.6 Å². The highest BCUT2D eigenvalue weighted by Crippen LogP contribution is 2.30. The Morgan fingerprint density at radius 1 is 1.43 bits per heavy atom. The summed E-state index contributed by atoms with van der Waals surface area (Å²) < 4.78 is 10.5. The van der Waals surface area contributed by atoms with E-state index in [1.807, 2.05) is 0 Å². The van der Waals surface area contributed by atoms with Crippen LogP contribution in [0.1, 0.15) is 18.0 Å². The summed E-state index contributed by atoms with van der Waals surface area (Å²) >= 11 is 5.91. The number of amides is 2. The van der Waals surface area contributed by atoms with Crippen LogP contribution in [0.3, 0.4) is 0 Å². The van der Waals surface area contributed by atoms with Crippen LogP contribution in [0.5, 0.6) is 0 Å². The first kappa shape index (κ1) is 17.7. The molecule has 7 heteroatoms. The van der Waals surface area contributed by atoms with Crippen molar-refractivity contribution < 1.29 is 19.1 Å². The Bertz CT molecular complexity index is 550. The first-order chi connectivity index (χ1) is 11.0. The zero-order chi connectivity index (χ0) is 16.8. The number of morpholine rings is 1. The molecule has 1 fully saturated rings. The maximum absolute atomic E-state index is 12.4. The normalized spacial score (nSPS) is 21.3. The van der Waals surface area contributed by atoms with E-state index >= 15 is 0 Å². The third kappa shape index (κ3) is 4.43. The van der Waals surface area contributed by atoms with E-state index in [1.165, 1.54) is 0 Å². The standard InChI is InChI=1S/C16H21ClN2O4/c1-19-13(20)10-23-15(16(21)18-8-3-9-22-2)14(19)11-4-6-12(17)7-5-11/h4-7,14-15H,3,8-10H2,1-2H3,(H,18,21)/t14-,15+/m1/s1. The summed E-state index contributed by atoms with van der Waals surface area (Å²) in [6, 6.07) is 6.60. The highest BCUT2D eigenvalue weighted by atomic mass is 35.5. The molecular weight excluding hydrogens is 320 g/mol. The number of hydrogen-bond acceptors (Lipinski definition) is 4. The Labute approximate surface area is 140 Å². The van der Waals surface area contributed by atoms with E-state index in [9.17, 15) is 9.59 Å². The number of ether oxygens (including phenoxy) is 2. The van der Waals surface area contributed by atoms with Gasteiger partial charge >= 0.3 is 0 Å². The van der Waals surface area contributed by atoms with Crippen molar-refractivity contribution >= 4 is 23.4 Å². The van der Waals surface area contributed by atoms with Gasteiger partial charge < -0.3 is 19.7 Å². The van der Waals surface area contributed by atoms with Crippen LogP contribution < -0.4 is 5.32 Å². The second-order valence-corrected chi connectivity index (χ2v) is 5.81. The minimum atomic E-state index is -0.749. The van der Waals surface area contributed by atoms with Gasteiger partial charge in [0.25, 0.3) is 5.91 Å². The summed E-state index contributed by atoms with van der Waals surface area (Å²) in [7, 11) is 3.29. The molecule has 1 aliphatic heterocycles. The first-order valence-corrected chi connectivity index (χ1v) is 7.81. The maximum Gasteiger partial charge on any atom is 0.251 e. The smallest absolute Gasteiger partial charge is 0.251 e. The second-order valence-electron chi connectivity index (χ2n) is 5.37. The van der Waals surface area contributed by atoms with Gasteiger partial charge in [0.2, 0.25) is 5.91 Å². The zero-order valence-corrected chi connectivity index (χ0v) is 14.0. The van der Waals surface area contributed by atoms with E-state index < -0.39 is 12.1 Å². The molecule has 1 heterocycles. The molecule has 0 spiro atoms. The SMILES string of the molecule is COCCCNC(=O)[C@H]1OCC(=O)N(C)[C@@H]1c1ccc(Cl)cc1. The molecule has 2 rings (SSSR count). The molecule has 2 amide bonds. The maximum atomic E-state index is 12.4. The highest BCUT2D eigenvalue weighted by molar-refractivity contribution is 6.30. The van der Waals surface area contributed by atoms with E-state index in [1.54, 1.807) is 43.3 Å². The lowest BCUT2D eigenvalue weighted by Crippen LogP contribution is -2.53. The Morgan fingerprint density at radius 2 is 2.13 bits per heavy atom. The largest absolute Gasteiger partial charge is 0.385 e. The van der Waals surface area contributed by atoms with Crippen LogP contribution in [0.2, 0.25) is 5.02 Å². The molecule has 0 aliphatic carbocycles. The number of nitrogens with zero attached hydrogens (tertiary/aromatic N) is 1. The van der Waals surface area contributed by atoms with Gasteiger partial charge in [0, 0.05) is 32.3 Å². The van der Waals surface area contributed by atoms with Gasteiger partial charge in [-0.05, 0) is 24.1 Å². The van der Waals surface area contributed by atoms with Crippen LogP contribution in [0.4, 0.5) is 0 Å². The van der Waals surface area contributed by atoms with E-state index in [2.05, 4.69) is 5.32 Å².